The molecule has 1 saturated heterocycles. The van der Waals surface area contributed by atoms with Gasteiger partial charge in [0.05, 0.1) is 19.8 Å². The van der Waals surface area contributed by atoms with E-state index in [0.717, 1.165) is 51.3 Å². The summed E-state index contributed by atoms with van der Waals surface area (Å²) in [4.78, 5) is 7.42. The summed E-state index contributed by atoms with van der Waals surface area (Å²) in [6.45, 7) is 14.6. The molecule has 0 aromatic heterocycles. The van der Waals surface area contributed by atoms with Gasteiger partial charge in [-0.25, -0.2) is 0 Å². The zero-order chi connectivity index (χ0) is 15.9. The third kappa shape index (κ3) is 7.56. The van der Waals surface area contributed by atoms with Crippen molar-refractivity contribution >= 4 is 29.9 Å². The minimum absolute atomic E-state index is 0. The van der Waals surface area contributed by atoms with Crippen molar-refractivity contribution in [2.75, 3.05) is 39.4 Å². The van der Waals surface area contributed by atoms with E-state index in [1.54, 1.807) is 0 Å². The molecule has 0 spiro atoms. The van der Waals surface area contributed by atoms with E-state index in [2.05, 4.69) is 43.2 Å². The lowest BCUT2D eigenvalue weighted by Gasteiger charge is -2.34. The van der Waals surface area contributed by atoms with Crippen LogP contribution in [0.2, 0.25) is 0 Å². The van der Waals surface area contributed by atoms with Crippen molar-refractivity contribution in [1.29, 1.82) is 0 Å². The number of aliphatic imine (C=N–C) groups is 1. The van der Waals surface area contributed by atoms with E-state index in [1.807, 2.05) is 0 Å². The molecule has 6 heteroatoms. The average Bonchev–Trinajstić information content (AvgIpc) is 3.19. The highest BCUT2D eigenvalue weighted by atomic mass is 127. The Morgan fingerprint density at radius 1 is 1.30 bits per heavy atom. The van der Waals surface area contributed by atoms with Crippen LogP contribution in [0.15, 0.2) is 4.99 Å². The average molecular weight is 438 g/mol. The molecule has 2 fully saturated rings. The lowest BCUT2D eigenvalue weighted by molar-refractivity contribution is 0.0143. The van der Waals surface area contributed by atoms with Crippen molar-refractivity contribution in [3.63, 3.8) is 0 Å². The first-order valence-corrected chi connectivity index (χ1v) is 8.96. The number of hydrogen-bond donors (Lipinski definition) is 2. The number of nitrogens with one attached hydrogen (secondary N) is 2. The Hall–Kier alpha value is -0.0800. The third-order valence-electron chi connectivity index (χ3n) is 4.54. The summed E-state index contributed by atoms with van der Waals surface area (Å²) < 4.78 is 5.49. The second-order valence-corrected chi connectivity index (χ2v) is 7.12. The molecule has 0 bridgehead atoms. The largest absolute Gasteiger partial charge is 0.379 e. The molecule has 1 aliphatic carbocycles. The van der Waals surface area contributed by atoms with Crippen LogP contribution in [0.4, 0.5) is 0 Å². The Labute approximate surface area is 159 Å². The van der Waals surface area contributed by atoms with Gasteiger partial charge in [0.25, 0.3) is 0 Å². The lowest BCUT2D eigenvalue weighted by atomic mass is 10.0. The SMILES string of the molecule is CCNC(=NCC(CC(C)C)N1CCOCC1)NC1CC1C.I. The van der Waals surface area contributed by atoms with Gasteiger partial charge in [0.1, 0.15) is 0 Å². The highest BCUT2D eigenvalue weighted by molar-refractivity contribution is 14.0. The van der Waals surface area contributed by atoms with Crippen molar-refractivity contribution in [2.45, 2.75) is 52.6 Å². The minimum atomic E-state index is 0. The Kier molecular flexibility index (Phi) is 9.77. The second kappa shape index (κ2) is 10.7. The summed E-state index contributed by atoms with van der Waals surface area (Å²) in [5, 5.41) is 6.93. The van der Waals surface area contributed by atoms with Gasteiger partial charge in [-0.2, -0.15) is 0 Å². The molecular formula is C17H35IN4O. The van der Waals surface area contributed by atoms with Gasteiger partial charge in [0.15, 0.2) is 5.96 Å². The van der Waals surface area contributed by atoms with Crippen LogP contribution in [0, 0.1) is 11.8 Å². The van der Waals surface area contributed by atoms with Crippen molar-refractivity contribution < 1.29 is 4.74 Å². The first-order chi connectivity index (χ1) is 10.6. The quantitative estimate of drug-likeness (QED) is 0.364. The number of ether oxygens (including phenoxy) is 1. The van der Waals surface area contributed by atoms with Crippen LogP contribution in [0.1, 0.15) is 40.5 Å². The van der Waals surface area contributed by atoms with E-state index in [-0.39, 0.29) is 24.0 Å². The van der Waals surface area contributed by atoms with Gasteiger partial charge in [0.2, 0.25) is 0 Å². The molecular weight excluding hydrogens is 403 g/mol. The molecule has 0 radical (unpaired) electrons. The maximum absolute atomic E-state index is 5.49. The molecule has 2 aliphatic rings. The molecule has 23 heavy (non-hydrogen) atoms. The van der Waals surface area contributed by atoms with Crippen molar-refractivity contribution in [3.8, 4) is 0 Å². The number of morpholine rings is 1. The molecule has 1 heterocycles. The topological polar surface area (TPSA) is 48.9 Å². The predicted octanol–water partition coefficient (Wildman–Crippen LogP) is 2.31. The number of nitrogens with zero attached hydrogens (tertiary/aromatic N) is 2. The fourth-order valence-corrected chi connectivity index (χ4v) is 3.04. The van der Waals surface area contributed by atoms with Crippen LogP contribution in [0.5, 0.6) is 0 Å². The highest BCUT2D eigenvalue weighted by Gasteiger charge is 2.33. The van der Waals surface area contributed by atoms with E-state index in [0.29, 0.717) is 18.0 Å². The van der Waals surface area contributed by atoms with Gasteiger partial charge in [-0.05, 0) is 31.6 Å². The zero-order valence-corrected chi connectivity index (χ0v) is 17.5. The van der Waals surface area contributed by atoms with Gasteiger partial charge in [0, 0.05) is 31.7 Å². The van der Waals surface area contributed by atoms with Crippen LogP contribution in [-0.2, 0) is 4.74 Å². The van der Waals surface area contributed by atoms with E-state index in [1.165, 1.54) is 12.8 Å². The summed E-state index contributed by atoms with van der Waals surface area (Å²) in [7, 11) is 0. The standard InChI is InChI=1S/C17H34N4O.HI/c1-5-18-17(20-16-11-14(16)4)19-12-15(10-13(2)3)21-6-8-22-9-7-21;/h13-16H,5-12H2,1-4H3,(H2,18,19,20);1H. The predicted molar refractivity (Wildman–Crippen MR) is 108 cm³/mol. The normalized spacial score (nSPS) is 26.6. The molecule has 1 aliphatic heterocycles. The van der Waals surface area contributed by atoms with Crippen LogP contribution < -0.4 is 10.6 Å². The van der Waals surface area contributed by atoms with Crippen LogP contribution in [0.25, 0.3) is 0 Å². The lowest BCUT2D eigenvalue weighted by Crippen LogP contribution is -2.46. The van der Waals surface area contributed by atoms with Crippen LogP contribution in [0.3, 0.4) is 0 Å². The molecule has 3 unspecified atom stereocenters. The molecule has 2 N–H and O–H groups in total. The molecule has 2 rings (SSSR count). The summed E-state index contributed by atoms with van der Waals surface area (Å²) in [5.41, 5.74) is 0. The number of hydrogen-bond acceptors (Lipinski definition) is 3. The van der Waals surface area contributed by atoms with Crippen molar-refractivity contribution in [3.05, 3.63) is 0 Å². The first kappa shape index (κ1) is 21.0. The van der Waals surface area contributed by atoms with E-state index in [9.17, 15) is 0 Å². The molecule has 1 saturated carbocycles. The number of guanidine groups is 1. The highest BCUT2D eigenvalue weighted by Crippen LogP contribution is 2.28. The fraction of sp³-hybridized carbons (Fsp3) is 0.941. The molecule has 136 valence electrons. The van der Waals surface area contributed by atoms with Crippen LogP contribution >= 0.6 is 24.0 Å². The summed E-state index contributed by atoms with van der Waals surface area (Å²) in [6, 6.07) is 1.14. The first-order valence-electron chi connectivity index (χ1n) is 8.96. The molecule has 3 atom stereocenters. The Bertz CT molecular complexity index is 359. The smallest absolute Gasteiger partial charge is 0.191 e. The van der Waals surface area contributed by atoms with Gasteiger partial charge in [-0.15, -0.1) is 24.0 Å². The summed E-state index contributed by atoms with van der Waals surface area (Å²) >= 11 is 0. The second-order valence-electron chi connectivity index (χ2n) is 7.12. The van der Waals surface area contributed by atoms with Crippen molar-refractivity contribution in [2.24, 2.45) is 16.8 Å². The minimum Gasteiger partial charge on any atom is -0.379 e. The molecule has 0 amide bonds. The third-order valence-corrected chi connectivity index (χ3v) is 4.54. The molecule has 0 aromatic rings. The van der Waals surface area contributed by atoms with Gasteiger partial charge in [-0.3, -0.25) is 9.89 Å². The molecule has 5 nitrogen and oxygen atoms in total. The Morgan fingerprint density at radius 2 is 1.96 bits per heavy atom. The number of halogens is 1. The summed E-state index contributed by atoms with van der Waals surface area (Å²) in [5.74, 6) is 2.47. The monoisotopic (exact) mass is 438 g/mol. The maximum atomic E-state index is 5.49. The Morgan fingerprint density at radius 3 is 2.48 bits per heavy atom. The van der Waals surface area contributed by atoms with E-state index >= 15 is 0 Å². The van der Waals surface area contributed by atoms with E-state index in [4.69, 9.17) is 9.73 Å². The van der Waals surface area contributed by atoms with Gasteiger partial charge < -0.3 is 15.4 Å². The zero-order valence-electron chi connectivity index (χ0n) is 15.2. The van der Waals surface area contributed by atoms with Crippen molar-refractivity contribution in [1.82, 2.24) is 15.5 Å². The maximum Gasteiger partial charge on any atom is 0.191 e. The van der Waals surface area contributed by atoms with E-state index < -0.39 is 0 Å². The summed E-state index contributed by atoms with van der Waals surface area (Å²) in [6.07, 6.45) is 2.46. The van der Waals surface area contributed by atoms with Gasteiger partial charge in [-0.1, -0.05) is 20.8 Å². The number of rotatable bonds is 7. The van der Waals surface area contributed by atoms with Gasteiger partial charge >= 0.3 is 0 Å². The fourth-order valence-electron chi connectivity index (χ4n) is 3.04. The Balaban J connectivity index is 0.00000264. The molecule has 0 aromatic carbocycles. The van der Waals surface area contributed by atoms with Crippen LogP contribution in [-0.4, -0.2) is 62.3 Å².